The molecule has 0 spiro atoms. The van der Waals surface area contributed by atoms with Gasteiger partial charge in [-0.15, -0.1) is 0 Å². The Kier molecular flexibility index (Phi) is 3.77. The highest BCUT2D eigenvalue weighted by Gasteiger charge is 2.26. The summed E-state index contributed by atoms with van der Waals surface area (Å²) in [5.41, 5.74) is 9.90. The van der Waals surface area contributed by atoms with Crippen LogP contribution in [0.1, 0.15) is 16.7 Å². The molecule has 0 fully saturated rings. The second kappa shape index (κ2) is 5.55. The minimum Gasteiger partial charge on any atom is -0.327 e. The van der Waals surface area contributed by atoms with E-state index in [0.717, 1.165) is 18.4 Å². The van der Waals surface area contributed by atoms with Crippen molar-refractivity contribution in [2.75, 3.05) is 0 Å². The van der Waals surface area contributed by atoms with E-state index in [2.05, 4.69) is 24.3 Å². The van der Waals surface area contributed by atoms with Gasteiger partial charge in [0.15, 0.2) is 0 Å². The Balaban J connectivity index is 1.72. The maximum Gasteiger partial charge on any atom is 0.142 e. The third-order valence-corrected chi connectivity index (χ3v) is 4.60. The summed E-state index contributed by atoms with van der Waals surface area (Å²) in [4.78, 5) is 0. The van der Waals surface area contributed by atoms with Crippen LogP contribution < -0.4 is 5.73 Å². The molecule has 2 aromatic rings. The fourth-order valence-electron chi connectivity index (χ4n) is 3.02. The lowest BCUT2D eigenvalue weighted by atomic mass is 9.92. The smallest absolute Gasteiger partial charge is 0.142 e. The van der Waals surface area contributed by atoms with E-state index in [1.54, 1.807) is 6.07 Å². The highest BCUT2D eigenvalue weighted by molar-refractivity contribution is 6.31. The molecule has 0 saturated carbocycles. The number of nitrogens with two attached hydrogens (primary N) is 1. The maximum atomic E-state index is 13.4. The fourth-order valence-corrected chi connectivity index (χ4v) is 3.23. The molecular formula is C17H17ClFN. The predicted octanol–water partition coefficient (Wildman–Crippen LogP) is 3.76. The van der Waals surface area contributed by atoms with Crippen LogP contribution in [0.3, 0.4) is 0 Å². The van der Waals surface area contributed by atoms with E-state index < -0.39 is 0 Å². The van der Waals surface area contributed by atoms with Crippen LogP contribution in [-0.4, -0.2) is 6.04 Å². The number of hydrogen-bond acceptors (Lipinski definition) is 1. The highest BCUT2D eigenvalue weighted by Crippen LogP contribution is 2.30. The van der Waals surface area contributed by atoms with E-state index >= 15 is 0 Å². The molecule has 1 unspecified atom stereocenters. The Bertz CT molecular complexity index is 601. The number of rotatable bonds is 3. The first kappa shape index (κ1) is 13.6. The monoisotopic (exact) mass is 289 g/mol. The molecule has 0 amide bonds. The Hall–Kier alpha value is -1.38. The Morgan fingerprint density at radius 1 is 1.10 bits per heavy atom. The van der Waals surface area contributed by atoms with E-state index in [0.29, 0.717) is 12.3 Å². The van der Waals surface area contributed by atoms with E-state index in [4.69, 9.17) is 17.3 Å². The average molecular weight is 290 g/mol. The van der Waals surface area contributed by atoms with Crippen LogP contribution in [0.4, 0.5) is 4.39 Å². The Morgan fingerprint density at radius 2 is 1.75 bits per heavy atom. The minimum absolute atomic E-state index is 0.00157. The van der Waals surface area contributed by atoms with Crippen LogP contribution in [-0.2, 0) is 19.3 Å². The standard InChI is InChI=1S/C17H17ClFN/c18-17-13(6-3-7-15(17)19)10-16(20)14-8-11-4-1-2-5-12(11)9-14/h1-7,14,16H,8-10,20H2. The molecular weight excluding hydrogens is 273 g/mol. The van der Waals surface area contributed by atoms with Crippen LogP contribution in [0.25, 0.3) is 0 Å². The molecule has 1 aliphatic carbocycles. The van der Waals surface area contributed by atoms with Crippen LogP contribution in [0.2, 0.25) is 5.02 Å². The summed E-state index contributed by atoms with van der Waals surface area (Å²) in [7, 11) is 0. The first-order valence-electron chi connectivity index (χ1n) is 6.90. The topological polar surface area (TPSA) is 26.0 Å². The third-order valence-electron chi connectivity index (χ3n) is 4.18. The van der Waals surface area contributed by atoms with Gasteiger partial charge in [0.2, 0.25) is 0 Å². The number of hydrogen-bond donors (Lipinski definition) is 1. The second-order valence-corrected chi connectivity index (χ2v) is 5.90. The number of fused-ring (bicyclic) bond motifs is 1. The summed E-state index contributed by atoms with van der Waals surface area (Å²) < 4.78 is 13.4. The molecule has 0 radical (unpaired) electrons. The van der Waals surface area contributed by atoms with Gasteiger partial charge in [-0.3, -0.25) is 0 Å². The van der Waals surface area contributed by atoms with Gasteiger partial charge in [-0.25, -0.2) is 4.39 Å². The molecule has 1 nitrogen and oxygen atoms in total. The van der Waals surface area contributed by atoms with Gasteiger partial charge in [-0.2, -0.15) is 0 Å². The highest BCUT2D eigenvalue weighted by atomic mass is 35.5. The van der Waals surface area contributed by atoms with Gasteiger partial charge in [0.05, 0.1) is 5.02 Å². The predicted molar refractivity (Wildman–Crippen MR) is 80.4 cm³/mol. The molecule has 0 aliphatic heterocycles. The van der Waals surface area contributed by atoms with E-state index in [9.17, 15) is 4.39 Å². The molecule has 0 heterocycles. The first-order chi connectivity index (χ1) is 9.65. The van der Waals surface area contributed by atoms with Gasteiger partial charge in [0, 0.05) is 6.04 Å². The lowest BCUT2D eigenvalue weighted by molar-refractivity contribution is 0.436. The lowest BCUT2D eigenvalue weighted by Crippen LogP contribution is -2.33. The van der Waals surface area contributed by atoms with Gasteiger partial charge in [-0.05, 0) is 47.9 Å². The maximum absolute atomic E-state index is 13.4. The molecule has 1 aliphatic rings. The zero-order valence-electron chi connectivity index (χ0n) is 11.2. The second-order valence-electron chi connectivity index (χ2n) is 5.52. The van der Waals surface area contributed by atoms with Crippen LogP contribution in [0.15, 0.2) is 42.5 Å². The molecule has 20 heavy (non-hydrogen) atoms. The SMILES string of the molecule is NC(Cc1cccc(F)c1Cl)C1Cc2ccccc2C1. The largest absolute Gasteiger partial charge is 0.327 e. The van der Waals surface area contributed by atoms with Crippen molar-refractivity contribution in [2.24, 2.45) is 11.7 Å². The summed E-state index contributed by atoms with van der Waals surface area (Å²) in [6, 6.07) is 13.4. The molecule has 3 rings (SSSR count). The van der Waals surface area contributed by atoms with Crippen molar-refractivity contribution in [2.45, 2.75) is 25.3 Å². The molecule has 2 aromatic carbocycles. The Labute approximate surface area is 123 Å². The van der Waals surface area contributed by atoms with Gasteiger partial charge < -0.3 is 5.73 Å². The zero-order valence-corrected chi connectivity index (χ0v) is 11.9. The molecule has 2 N–H and O–H groups in total. The van der Waals surface area contributed by atoms with Gasteiger partial charge >= 0.3 is 0 Å². The summed E-state index contributed by atoms with van der Waals surface area (Å²) >= 11 is 6.00. The normalized spacial score (nSPS) is 16.1. The van der Waals surface area contributed by atoms with Crippen LogP contribution in [0.5, 0.6) is 0 Å². The number of halogens is 2. The quantitative estimate of drug-likeness (QED) is 0.915. The van der Waals surface area contributed by atoms with Crippen molar-refractivity contribution in [3.05, 3.63) is 70.0 Å². The third kappa shape index (κ3) is 2.58. The molecule has 0 aromatic heterocycles. The lowest BCUT2D eigenvalue weighted by Gasteiger charge is -2.19. The average Bonchev–Trinajstić information content (AvgIpc) is 2.88. The molecule has 1 atom stereocenters. The van der Waals surface area contributed by atoms with Crippen molar-refractivity contribution in [1.82, 2.24) is 0 Å². The van der Waals surface area contributed by atoms with Gasteiger partial charge in [0.25, 0.3) is 0 Å². The van der Waals surface area contributed by atoms with E-state index in [1.807, 2.05) is 6.07 Å². The molecule has 104 valence electrons. The number of benzene rings is 2. The van der Waals surface area contributed by atoms with Crippen molar-refractivity contribution < 1.29 is 4.39 Å². The fraction of sp³-hybridized carbons (Fsp3) is 0.294. The molecule has 0 saturated heterocycles. The van der Waals surface area contributed by atoms with Gasteiger partial charge in [-0.1, -0.05) is 48.0 Å². The van der Waals surface area contributed by atoms with Gasteiger partial charge in [0.1, 0.15) is 5.82 Å². The summed E-state index contributed by atoms with van der Waals surface area (Å²) in [6.07, 6.45) is 2.63. The van der Waals surface area contributed by atoms with Crippen LogP contribution >= 0.6 is 11.6 Å². The summed E-state index contributed by atoms with van der Waals surface area (Å²) in [5.74, 6) is 0.0396. The summed E-state index contributed by atoms with van der Waals surface area (Å²) in [6.45, 7) is 0. The van der Waals surface area contributed by atoms with Crippen molar-refractivity contribution >= 4 is 11.6 Å². The minimum atomic E-state index is -0.369. The van der Waals surface area contributed by atoms with Crippen molar-refractivity contribution in [1.29, 1.82) is 0 Å². The van der Waals surface area contributed by atoms with Crippen LogP contribution in [0, 0.1) is 11.7 Å². The first-order valence-corrected chi connectivity index (χ1v) is 7.28. The summed E-state index contributed by atoms with van der Waals surface area (Å²) in [5, 5.41) is 0.207. The molecule has 3 heteroatoms. The van der Waals surface area contributed by atoms with E-state index in [1.165, 1.54) is 17.2 Å². The van der Waals surface area contributed by atoms with E-state index in [-0.39, 0.29) is 16.9 Å². The van der Waals surface area contributed by atoms with Crippen molar-refractivity contribution in [3.63, 3.8) is 0 Å². The Morgan fingerprint density at radius 3 is 2.40 bits per heavy atom. The van der Waals surface area contributed by atoms with Crippen molar-refractivity contribution in [3.8, 4) is 0 Å². The molecule has 0 bridgehead atoms. The zero-order chi connectivity index (χ0) is 14.1.